The van der Waals surface area contributed by atoms with Crippen molar-refractivity contribution in [3.05, 3.63) is 30.0 Å². The minimum absolute atomic E-state index is 0.0284. The number of rotatable bonds is 3. The summed E-state index contributed by atoms with van der Waals surface area (Å²) >= 11 is 0. The van der Waals surface area contributed by atoms with Crippen molar-refractivity contribution >= 4 is 11.6 Å². The van der Waals surface area contributed by atoms with Gasteiger partial charge in [0.05, 0.1) is 12.6 Å². The fourth-order valence-corrected chi connectivity index (χ4v) is 1.23. The first-order chi connectivity index (χ1) is 7.15. The Hall–Kier alpha value is -1.98. The summed E-state index contributed by atoms with van der Waals surface area (Å²) in [7, 11) is 0. The molecule has 15 heavy (non-hydrogen) atoms. The molecule has 6 heteroatoms. The molecular weight excluding hydrogens is 201 g/mol. The fraction of sp³-hybridized carbons (Fsp3) is 0.222. The Morgan fingerprint density at radius 1 is 1.53 bits per heavy atom. The van der Waals surface area contributed by atoms with Crippen molar-refractivity contribution in [3.63, 3.8) is 0 Å². The first-order valence-electron chi connectivity index (χ1n) is 4.38. The average molecular weight is 209 g/mol. The molecule has 78 valence electrons. The lowest BCUT2D eigenvalue weighted by molar-refractivity contribution is -0.137. The molecular formula is C9H8FN3O2. The SMILES string of the molecule is O=C(O)CCc1nc2ccc(F)cn2n1. The molecule has 0 saturated carbocycles. The molecule has 0 aromatic carbocycles. The van der Waals surface area contributed by atoms with E-state index in [0.717, 1.165) is 0 Å². The molecule has 0 radical (unpaired) electrons. The zero-order chi connectivity index (χ0) is 10.8. The third-order valence-corrected chi connectivity index (χ3v) is 1.90. The van der Waals surface area contributed by atoms with Crippen LogP contribution in [0.25, 0.3) is 5.65 Å². The third-order valence-electron chi connectivity index (χ3n) is 1.90. The molecule has 0 bridgehead atoms. The summed E-state index contributed by atoms with van der Waals surface area (Å²) in [6.45, 7) is 0. The molecule has 0 saturated heterocycles. The molecule has 2 aromatic rings. The Bertz CT molecular complexity index is 509. The van der Waals surface area contributed by atoms with E-state index in [9.17, 15) is 9.18 Å². The largest absolute Gasteiger partial charge is 0.481 e. The first-order valence-corrected chi connectivity index (χ1v) is 4.38. The summed E-state index contributed by atoms with van der Waals surface area (Å²) in [6.07, 6.45) is 1.42. The number of hydrogen-bond donors (Lipinski definition) is 1. The molecule has 0 amide bonds. The number of aromatic nitrogens is 3. The Labute approximate surface area is 84.2 Å². The lowest BCUT2D eigenvalue weighted by Gasteiger charge is -1.89. The molecule has 2 heterocycles. The minimum Gasteiger partial charge on any atom is -0.481 e. The van der Waals surface area contributed by atoms with E-state index in [4.69, 9.17) is 5.11 Å². The van der Waals surface area contributed by atoms with E-state index in [1.807, 2.05) is 0 Å². The zero-order valence-electron chi connectivity index (χ0n) is 7.72. The van der Waals surface area contributed by atoms with Crippen molar-refractivity contribution in [3.8, 4) is 0 Å². The van der Waals surface area contributed by atoms with Gasteiger partial charge in [-0.05, 0) is 12.1 Å². The maximum absolute atomic E-state index is 12.8. The van der Waals surface area contributed by atoms with E-state index >= 15 is 0 Å². The predicted octanol–water partition coefficient (Wildman–Crippen LogP) is 0.886. The maximum Gasteiger partial charge on any atom is 0.303 e. The minimum atomic E-state index is -0.903. The maximum atomic E-state index is 12.8. The van der Waals surface area contributed by atoms with Crippen LogP contribution in [0.3, 0.4) is 0 Å². The van der Waals surface area contributed by atoms with Crippen molar-refractivity contribution in [2.24, 2.45) is 0 Å². The van der Waals surface area contributed by atoms with Crippen molar-refractivity contribution in [1.82, 2.24) is 14.6 Å². The van der Waals surface area contributed by atoms with Gasteiger partial charge in [0.2, 0.25) is 0 Å². The molecule has 0 aliphatic carbocycles. The summed E-state index contributed by atoms with van der Waals surface area (Å²) in [5.74, 6) is -0.903. The van der Waals surface area contributed by atoms with Crippen LogP contribution in [0, 0.1) is 5.82 Å². The molecule has 0 aliphatic rings. The standard InChI is InChI=1S/C9H8FN3O2/c10-6-1-3-8-11-7(2-4-9(14)15)12-13(8)5-6/h1,3,5H,2,4H2,(H,14,15). The number of carboxylic acids is 1. The molecule has 0 spiro atoms. The van der Waals surface area contributed by atoms with Crippen LogP contribution in [0.4, 0.5) is 4.39 Å². The Kier molecular flexibility index (Phi) is 2.32. The van der Waals surface area contributed by atoms with Gasteiger partial charge in [-0.25, -0.2) is 13.9 Å². The fourth-order valence-electron chi connectivity index (χ4n) is 1.23. The number of halogens is 1. The van der Waals surface area contributed by atoms with Gasteiger partial charge in [-0.15, -0.1) is 0 Å². The highest BCUT2D eigenvalue weighted by Gasteiger charge is 2.06. The third kappa shape index (κ3) is 2.09. The van der Waals surface area contributed by atoms with Gasteiger partial charge in [0.15, 0.2) is 11.5 Å². The van der Waals surface area contributed by atoms with Gasteiger partial charge in [-0.2, -0.15) is 5.10 Å². The highest BCUT2D eigenvalue weighted by molar-refractivity contribution is 5.66. The van der Waals surface area contributed by atoms with Crippen molar-refractivity contribution < 1.29 is 14.3 Å². The number of carboxylic acid groups (broad SMARTS) is 1. The van der Waals surface area contributed by atoms with Crippen LogP contribution < -0.4 is 0 Å². The van der Waals surface area contributed by atoms with Crippen LogP contribution >= 0.6 is 0 Å². The number of pyridine rings is 1. The van der Waals surface area contributed by atoms with Crippen molar-refractivity contribution in [2.45, 2.75) is 12.8 Å². The number of fused-ring (bicyclic) bond motifs is 1. The average Bonchev–Trinajstić information content (AvgIpc) is 2.56. The lowest BCUT2D eigenvalue weighted by Crippen LogP contribution is -1.99. The van der Waals surface area contributed by atoms with Crippen LogP contribution in [0.15, 0.2) is 18.3 Å². The molecule has 2 aromatic heterocycles. The number of carbonyl (C=O) groups is 1. The van der Waals surface area contributed by atoms with Gasteiger partial charge in [0, 0.05) is 6.42 Å². The molecule has 5 nitrogen and oxygen atoms in total. The van der Waals surface area contributed by atoms with Crippen LogP contribution in [-0.4, -0.2) is 25.7 Å². The second-order valence-electron chi connectivity index (χ2n) is 3.07. The molecule has 1 N–H and O–H groups in total. The predicted molar refractivity (Wildman–Crippen MR) is 48.9 cm³/mol. The zero-order valence-corrected chi connectivity index (χ0v) is 7.72. The topological polar surface area (TPSA) is 67.5 Å². The van der Waals surface area contributed by atoms with Gasteiger partial charge in [0.25, 0.3) is 0 Å². The lowest BCUT2D eigenvalue weighted by atomic mass is 10.3. The molecule has 0 unspecified atom stereocenters. The first kappa shape index (κ1) is 9.57. The summed E-state index contributed by atoms with van der Waals surface area (Å²) < 4.78 is 14.1. The summed E-state index contributed by atoms with van der Waals surface area (Å²) in [4.78, 5) is 14.4. The van der Waals surface area contributed by atoms with Crippen molar-refractivity contribution in [2.75, 3.05) is 0 Å². The summed E-state index contributed by atoms with van der Waals surface area (Å²) in [6, 6.07) is 2.78. The van der Waals surface area contributed by atoms with E-state index < -0.39 is 11.8 Å². The number of aryl methyl sites for hydroxylation is 1. The quantitative estimate of drug-likeness (QED) is 0.814. The van der Waals surface area contributed by atoms with E-state index in [1.54, 1.807) is 0 Å². The Morgan fingerprint density at radius 2 is 2.33 bits per heavy atom. The van der Waals surface area contributed by atoms with Gasteiger partial charge >= 0.3 is 5.97 Å². The van der Waals surface area contributed by atoms with Gasteiger partial charge < -0.3 is 5.11 Å². The Balaban J connectivity index is 2.27. The van der Waals surface area contributed by atoms with E-state index in [1.165, 1.54) is 22.8 Å². The number of nitrogens with zero attached hydrogens (tertiary/aromatic N) is 3. The second-order valence-corrected chi connectivity index (χ2v) is 3.07. The van der Waals surface area contributed by atoms with Gasteiger partial charge in [-0.1, -0.05) is 0 Å². The smallest absolute Gasteiger partial charge is 0.303 e. The normalized spacial score (nSPS) is 10.7. The van der Waals surface area contributed by atoms with Crippen LogP contribution in [-0.2, 0) is 11.2 Å². The molecule has 0 fully saturated rings. The summed E-state index contributed by atoms with van der Waals surface area (Å²) in [5, 5.41) is 12.4. The second kappa shape index (κ2) is 3.64. The molecule has 0 aliphatic heterocycles. The van der Waals surface area contributed by atoms with Crippen LogP contribution in [0.2, 0.25) is 0 Å². The van der Waals surface area contributed by atoms with E-state index in [-0.39, 0.29) is 12.8 Å². The highest BCUT2D eigenvalue weighted by atomic mass is 19.1. The monoisotopic (exact) mass is 209 g/mol. The Morgan fingerprint density at radius 3 is 3.07 bits per heavy atom. The summed E-state index contributed by atoms with van der Waals surface area (Å²) in [5.41, 5.74) is 0.511. The van der Waals surface area contributed by atoms with Crippen molar-refractivity contribution in [1.29, 1.82) is 0 Å². The number of aliphatic carboxylic acids is 1. The van der Waals surface area contributed by atoms with Crippen LogP contribution in [0.1, 0.15) is 12.2 Å². The van der Waals surface area contributed by atoms with E-state index in [2.05, 4.69) is 10.1 Å². The molecule has 0 atom stereocenters. The van der Waals surface area contributed by atoms with E-state index in [0.29, 0.717) is 11.5 Å². The van der Waals surface area contributed by atoms with Gasteiger partial charge in [0.1, 0.15) is 5.82 Å². The molecule has 2 rings (SSSR count). The highest BCUT2D eigenvalue weighted by Crippen LogP contribution is 2.05. The van der Waals surface area contributed by atoms with Crippen LogP contribution in [0.5, 0.6) is 0 Å². The van der Waals surface area contributed by atoms with Gasteiger partial charge in [-0.3, -0.25) is 4.79 Å². The number of hydrogen-bond acceptors (Lipinski definition) is 3.